The van der Waals surface area contributed by atoms with Gasteiger partial charge >= 0.3 is 5.97 Å². The second-order valence-electron chi connectivity index (χ2n) is 7.75. The summed E-state index contributed by atoms with van der Waals surface area (Å²) in [7, 11) is 0. The largest absolute Gasteiger partial charge is 0.478 e. The van der Waals surface area contributed by atoms with Crippen molar-refractivity contribution >= 4 is 11.9 Å². The Morgan fingerprint density at radius 2 is 1.88 bits per heavy atom. The average Bonchev–Trinajstić information content (AvgIpc) is 3.06. The van der Waals surface area contributed by atoms with Gasteiger partial charge in [-0.2, -0.15) is 0 Å². The number of ether oxygens (including phenoxy) is 1. The highest BCUT2D eigenvalue weighted by molar-refractivity contribution is 5.85. The minimum Gasteiger partial charge on any atom is -0.478 e. The summed E-state index contributed by atoms with van der Waals surface area (Å²) in [6, 6.07) is 9.64. The van der Waals surface area contributed by atoms with Crippen LogP contribution in [0.25, 0.3) is 0 Å². The van der Waals surface area contributed by atoms with Gasteiger partial charge in [-0.05, 0) is 24.3 Å². The van der Waals surface area contributed by atoms with Gasteiger partial charge in [0.05, 0.1) is 12.6 Å². The minimum atomic E-state index is -1.16. The van der Waals surface area contributed by atoms with Crippen molar-refractivity contribution in [2.45, 2.75) is 64.1 Å². The number of amides is 1. The first-order valence-electron chi connectivity index (χ1n) is 9.76. The Bertz CT molecular complexity index is 612. The topological polar surface area (TPSA) is 66.8 Å². The molecule has 5 heteroatoms. The van der Waals surface area contributed by atoms with Crippen LogP contribution in [0.1, 0.15) is 51.0 Å². The summed E-state index contributed by atoms with van der Waals surface area (Å²) in [4.78, 5) is 26.2. The number of carbonyl (C=O) groups excluding carboxylic acids is 1. The zero-order chi connectivity index (χ0) is 18.5. The van der Waals surface area contributed by atoms with Crippen LogP contribution in [0.4, 0.5) is 0 Å². The van der Waals surface area contributed by atoms with Crippen LogP contribution >= 0.6 is 0 Å². The summed E-state index contributed by atoms with van der Waals surface area (Å²) in [5.41, 5.74) is 1.09. The van der Waals surface area contributed by atoms with Gasteiger partial charge in [0.15, 0.2) is 0 Å². The lowest BCUT2D eigenvalue weighted by molar-refractivity contribution is -0.162. The van der Waals surface area contributed by atoms with Gasteiger partial charge < -0.3 is 14.7 Å². The lowest BCUT2D eigenvalue weighted by Crippen LogP contribution is -2.48. The van der Waals surface area contributed by atoms with E-state index < -0.39 is 12.2 Å². The van der Waals surface area contributed by atoms with Crippen LogP contribution in [0.5, 0.6) is 0 Å². The van der Waals surface area contributed by atoms with Crippen LogP contribution in [0, 0.1) is 11.8 Å². The zero-order valence-electron chi connectivity index (χ0n) is 15.5. The lowest BCUT2D eigenvalue weighted by atomic mass is 9.83. The molecule has 0 bridgehead atoms. The maximum Gasteiger partial charge on any atom is 0.354 e. The van der Waals surface area contributed by atoms with Gasteiger partial charge in [0.1, 0.15) is 0 Å². The molecule has 3 rings (SSSR count). The number of aliphatic carboxylic acids is 1. The average molecular weight is 359 g/mol. The van der Waals surface area contributed by atoms with Crippen molar-refractivity contribution in [3.8, 4) is 0 Å². The van der Waals surface area contributed by atoms with E-state index in [1.807, 2.05) is 37.3 Å². The highest BCUT2D eigenvalue weighted by Gasteiger charge is 2.43. The molecule has 1 aromatic rings. The SMILES string of the molecule is CC(CC1CCCCC1)C(=O)N1C(Cc2ccccc2)CO[C@@H]1C(=O)O. The fourth-order valence-corrected chi connectivity index (χ4v) is 4.36. The fourth-order valence-electron chi connectivity index (χ4n) is 4.36. The number of benzene rings is 1. The Balaban J connectivity index is 1.70. The molecule has 1 N–H and O–H groups in total. The minimum absolute atomic E-state index is 0.0820. The first kappa shape index (κ1) is 18.9. The second-order valence-corrected chi connectivity index (χ2v) is 7.75. The summed E-state index contributed by atoms with van der Waals surface area (Å²) in [5, 5.41) is 9.50. The lowest BCUT2D eigenvalue weighted by Gasteiger charge is -2.31. The second kappa shape index (κ2) is 8.67. The summed E-state index contributed by atoms with van der Waals surface area (Å²) in [5.74, 6) is -0.748. The number of hydrogen-bond acceptors (Lipinski definition) is 3. The van der Waals surface area contributed by atoms with E-state index in [0.29, 0.717) is 12.3 Å². The summed E-state index contributed by atoms with van der Waals surface area (Å²) >= 11 is 0. The predicted octanol–water partition coefficient (Wildman–Crippen LogP) is 3.47. The maximum absolute atomic E-state index is 13.1. The van der Waals surface area contributed by atoms with E-state index in [0.717, 1.165) is 12.0 Å². The first-order chi connectivity index (χ1) is 12.6. The van der Waals surface area contributed by atoms with Gasteiger partial charge in [-0.25, -0.2) is 4.79 Å². The van der Waals surface area contributed by atoms with E-state index in [4.69, 9.17) is 4.74 Å². The molecule has 0 aromatic heterocycles. The molecule has 3 atom stereocenters. The highest BCUT2D eigenvalue weighted by Crippen LogP contribution is 2.31. The van der Waals surface area contributed by atoms with Crippen molar-refractivity contribution in [3.05, 3.63) is 35.9 Å². The van der Waals surface area contributed by atoms with E-state index in [1.54, 1.807) is 0 Å². The van der Waals surface area contributed by atoms with Crippen molar-refractivity contribution in [1.82, 2.24) is 4.90 Å². The summed E-state index contributed by atoms with van der Waals surface area (Å²) < 4.78 is 5.48. The molecule has 1 heterocycles. The van der Waals surface area contributed by atoms with Gasteiger partial charge in [-0.15, -0.1) is 0 Å². The van der Waals surface area contributed by atoms with E-state index in [2.05, 4.69) is 0 Å². The molecule has 1 saturated carbocycles. The van der Waals surface area contributed by atoms with Crippen LogP contribution in [0.3, 0.4) is 0 Å². The molecule has 142 valence electrons. The smallest absolute Gasteiger partial charge is 0.354 e. The molecule has 2 aliphatic rings. The summed E-state index contributed by atoms with van der Waals surface area (Å²) in [6.07, 6.45) is 6.45. The molecule has 1 amide bonds. The maximum atomic E-state index is 13.1. The normalized spacial score (nSPS) is 25.2. The third-order valence-corrected chi connectivity index (χ3v) is 5.71. The van der Waals surface area contributed by atoms with Gasteiger partial charge in [-0.1, -0.05) is 69.4 Å². The fraction of sp³-hybridized carbons (Fsp3) is 0.619. The van der Waals surface area contributed by atoms with E-state index in [9.17, 15) is 14.7 Å². The van der Waals surface area contributed by atoms with Crippen molar-refractivity contribution in [2.75, 3.05) is 6.61 Å². The van der Waals surface area contributed by atoms with Crippen molar-refractivity contribution < 1.29 is 19.4 Å². The Morgan fingerprint density at radius 1 is 1.19 bits per heavy atom. The molecule has 5 nitrogen and oxygen atoms in total. The molecule has 0 spiro atoms. The molecule has 2 fully saturated rings. The van der Waals surface area contributed by atoms with Crippen molar-refractivity contribution in [3.63, 3.8) is 0 Å². The Labute approximate surface area is 155 Å². The van der Waals surface area contributed by atoms with Crippen LogP contribution < -0.4 is 0 Å². The number of nitrogens with zero attached hydrogens (tertiary/aromatic N) is 1. The third-order valence-electron chi connectivity index (χ3n) is 5.71. The zero-order valence-corrected chi connectivity index (χ0v) is 15.5. The summed E-state index contributed by atoms with van der Waals surface area (Å²) in [6.45, 7) is 2.21. The van der Waals surface area contributed by atoms with E-state index in [-0.39, 0.29) is 24.5 Å². The van der Waals surface area contributed by atoms with Crippen LogP contribution in [0.15, 0.2) is 30.3 Å². The monoisotopic (exact) mass is 359 g/mol. The Kier molecular flexibility index (Phi) is 6.30. The molecule has 1 aliphatic carbocycles. The van der Waals surface area contributed by atoms with Crippen molar-refractivity contribution in [1.29, 1.82) is 0 Å². The predicted molar refractivity (Wildman–Crippen MR) is 98.5 cm³/mol. The number of hydrogen-bond donors (Lipinski definition) is 1. The highest BCUT2D eigenvalue weighted by atomic mass is 16.5. The molecule has 26 heavy (non-hydrogen) atoms. The number of carboxylic acid groups (broad SMARTS) is 1. The molecule has 0 radical (unpaired) electrons. The van der Waals surface area contributed by atoms with Crippen molar-refractivity contribution in [2.24, 2.45) is 11.8 Å². The first-order valence-corrected chi connectivity index (χ1v) is 9.76. The van der Waals surface area contributed by atoms with Gasteiger partial charge in [0.25, 0.3) is 0 Å². The quantitative estimate of drug-likeness (QED) is 0.844. The molecule has 1 aliphatic heterocycles. The molecule has 1 aromatic carbocycles. The van der Waals surface area contributed by atoms with E-state index in [1.165, 1.54) is 37.0 Å². The third kappa shape index (κ3) is 4.44. The van der Waals surface area contributed by atoms with Crippen LogP contribution in [-0.2, 0) is 20.7 Å². The number of carboxylic acids is 1. The molecule has 1 saturated heterocycles. The Morgan fingerprint density at radius 3 is 2.54 bits per heavy atom. The van der Waals surface area contributed by atoms with Gasteiger partial charge in [0.2, 0.25) is 12.1 Å². The molecular formula is C21H29NO4. The number of rotatable bonds is 6. The van der Waals surface area contributed by atoms with Crippen LogP contribution in [0.2, 0.25) is 0 Å². The molecule has 2 unspecified atom stereocenters. The van der Waals surface area contributed by atoms with Crippen LogP contribution in [-0.4, -0.2) is 40.8 Å². The molecular weight excluding hydrogens is 330 g/mol. The standard InChI is InChI=1S/C21H29NO4/c1-15(12-16-8-4-2-5-9-16)19(23)22-18(14-26-20(22)21(24)25)13-17-10-6-3-7-11-17/h3,6-7,10-11,15-16,18,20H,2,4-5,8-9,12-14H2,1H3,(H,24,25)/t15?,18?,20-/m1/s1. The Hall–Kier alpha value is -1.88. The van der Waals surface area contributed by atoms with Gasteiger partial charge in [-0.3, -0.25) is 4.79 Å². The van der Waals surface area contributed by atoms with E-state index >= 15 is 0 Å². The number of carbonyl (C=O) groups is 2. The van der Waals surface area contributed by atoms with Gasteiger partial charge in [0, 0.05) is 5.92 Å².